The number of aromatic nitrogens is 4. The molecule has 0 bridgehead atoms. The Hall–Kier alpha value is -2.97. The van der Waals surface area contributed by atoms with E-state index >= 15 is 0 Å². The topological polar surface area (TPSA) is 130 Å². The van der Waals surface area contributed by atoms with E-state index < -0.39 is 17.2 Å². The molecule has 1 aliphatic carbocycles. The highest BCUT2D eigenvalue weighted by atomic mass is 16.2. The van der Waals surface area contributed by atoms with Gasteiger partial charge in [-0.15, -0.1) is 0 Å². The lowest BCUT2D eigenvalue weighted by atomic mass is 9.97. The summed E-state index contributed by atoms with van der Waals surface area (Å²) in [5.74, 6) is -0.593. The van der Waals surface area contributed by atoms with Crippen molar-refractivity contribution in [2.75, 3.05) is 6.54 Å². The number of nitrogens with zero attached hydrogens (tertiary/aromatic N) is 2. The lowest BCUT2D eigenvalue weighted by Gasteiger charge is -2.15. The van der Waals surface area contributed by atoms with Crippen LogP contribution in [0.3, 0.4) is 0 Å². The number of H-pyrrole nitrogens is 2. The molecule has 0 radical (unpaired) electrons. The smallest absolute Gasteiger partial charge is 0.326 e. The van der Waals surface area contributed by atoms with E-state index in [1.807, 2.05) is 4.98 Å². The van der Waals surface area contributed by atoms with Crippen molar-refractivity contribution < 1.29 is 4.79 Å². The minimum Gasteiger partial charge on any atom is -0.349 e. The second-order valence-electron chi connectivity index (χ2n) is 5.64. The van der Waals surface area contributed by atoms with Gasteiger partial charge in [-0.2, -0.15) is 5.10 Å². The lowest BCUT2D eigenvalue weighted by Crippen LogP contribution is -2.35. The molecule has 1 amide bonds. The van der Waals surface area contributed by atoms with E-state index in [0.717, 1.165) is 43.0 Å². The van der Waals surface area contributed by atoms with Gasteiger partial charge in [0.05, 0.1) is 12.2 Å². The monoisotopic (exact) mass is 331 g/mol. The molecular formula is C15H17N5O4. The minimum absolute atomic E-state index is 0.130. The first kappa shape index (κ1) is 15.9. The predicted octanol–water partition coefficient (Wildman–Crippen LogP) is -1.07. The number of aryl methyl sites for hydroxylation is 2. The van der Waals surface area contributed by atoms with Crippen LogP contribution in [0.15, 0.2) is 26.5 Å². The molecule has 3 N–H and O–H groups in total. The second-order valence-corrected chi connectivity index (χ2v) is 5.64. The van der Waals surface area contributed by atoms with Crippen LogP contribution in [0.25, 0.3) is 0 Å². The Kier molecular flexibility index (Phi) is 4.41. The number of hydrogen-bond donors (Lipinski definition) is 3. The van der Waals surface area contributed by atoms with E-state index in [-0.39, 0.29) is 24.3 Å². The van der Waals surface area contributed by atoms with Crippen LogP contribution in [0.2, 0.25) is 0 Å². The minimum atomic E-state index is -0.750. The number of amides is 1. The van der Waals surface area contributed by atoms with Gasteiger partial charge in [-0.1, -0.05) is 0 Å². The van der Waals surface area contributed by atoms with Gasteiger partial charge in [0.15, 0.2) is 0 Å². The Morgan fingerprint density at radius 2 is 1.96 bits per heavy atom. The van der Waals surface area contributed by atoms with Crippen LogP contribution in [0.5, 0.6) is 0 Å². The zero-order chi connectivity index (χ0) is 17.1. The first-order valence-electron chi connectivity index (χ1n) is 7.75. The molecule has 0 aliphatic heterocycles. The number of hydrogen-bond acceptors (Lipinski definition) is 5. The molecule has 9 heteroatoms. The highest BCUT2D eigenvalue weighted by Gasteiger charge is 2.13. The lowest BCUT2D eigenvalue weighted by molar-refractivity contribution is 0.0946. The van der Waals surface area contributed by atoms with Gasteiger partial charge in [0.25, 0.3) is 17.0 Å². The summed E-state index contributed by atoms with van der Waals surface area (Å²) >= 11 is 0. The third-order valence-electron chi connectivity index (χ3n) is 3.89. The normalized spacial score (nSPS) is 13.3. The van der Waals surface area contributed by atoms with Gasteiger partial charge in [0.1, 0.15) is 5.69 Å². The number of rotatable bonds is 4. The molecule has 2 aromatic heterocycles. The van der Waals surface area contributed by atoms with Gasteiger partial charge in [0, 0.05) is 18.7 Å². The average molecular weight is 331 g/mol. The van der Waals surface area contributed by atoms with Gasteiger partial charge in [-0.05, 0) is 31.2 Å². The Morgan fingerprint density at radius 1 is 1.17 bits per heavy atom. The van der Waals surface area contributed by atoms with Crippen LogP contribution >= 0.6 is 0 Å². The maximum absolute atomic E-state index is 12.0. The number of nitrogens with one attached hydrogen (secondary N) is 3. The van der Waals surface area contributed by atoms with Gasteiger partial charge >= 0.3 is 5.69 Å². The molecule has 0 saturated heterocycles. The Morgan fingerprint density at radius 3 is 2.75 bits per heavy atom. The summed E-state index contributed by atoms with van der Waals surface area (Å²) in [5.41, 5.74) is 0.208. The summed E-state index contributed by atoms with van der Waals surface area (Å²) in [5, 5.41) is 6.90. The zero-order valence-electron chi connectivity index (χ0n) is 12.9. The molecule has 2 heterocycles. The summed E-state index contributed by atoms with van der Waals surface area (Å²) < 4.78 is 1.32. The molecule has 2 aromatic rings. The van der Waals surface area contributed by atoms with Crippen molar-refractivity contribution in [2.24, 2.45) is 0 Å². The molecule has 0 spiro atoms. The summed E-state index contributed by atoms with van der Waals surface area (Å²) in [6.07, 6.45) is 3.87. The number of carbonyl (C=O) groups excluding carboxylic acids is 1. The maximum Gasteiger partial charge on any atom is 0.326 e. The summed E-state index contributed by atoms with van der Waals surface area (Å²) in [6.45, 7) is 0.366. The molecule has 24 heavy (non-hydrogen) atoms. The van der Waals surface area contributed by atoms with Gasteiger partial charge in [-0.25, -0.2) is 9.48 Å². The quantitative estimate of drug-likeness (QED) is 0.657. The SMILES string of the molecule is O=C(NCCn1nc2c(cc1=O)CCCC2)c1cc(=O)[nH]c(=O)[nH]1. The van der Waals surface area contributed by atoms with Crippen molar-refractivity contribution in [3.63, 3.8) is 0 Å². The third-order valence-corrected chi connectivity index (χ3v) is 3.89. The number of carbonyl (C=O) groups is 1. The highest BCUT2D eigenvalue weighted by molar-refractivity contribution is 5.91. The molecular weight excluding hydrogens is 314 g/mol. The van der Waals surface area contributed by atoms with Crippen LogP contribution < -0.4 is 22.1 Å². The van der Waals surface area contributed by atoms with Crippen molar-refractivity contribution in [3.8, 4) is 0 Å². The maximum atomic E-state index is 12.0. The third kappa shape index (κ3) is 3.50. The molecule has 3 rings (SSSR count). The molecule has 9 nitrogen and oxygen atoms in total. The summed E-state index contributed by atoms with van der Waals surface area (Å²) in [7, 11) is 0. The Balaban J connectivity index is 1.66. The predicted molar refractivity (Wildman–Crippen MR) is 85.2 cm³/mol. The van der Waals surface area contributed by atoms with Crippen LogP contribution in [0.1, 0.15) is 34.6 Å². The van der Waals surface area contributed by atoms with Crippen molar-refractivity contribution in [1.29, 1.82) is 0 Å². The fourth-order valence-corrected chi connectivity index (χ4v) is 2.72. The first-order chi connectivity index (χ1) is 11.5. The van der Waals surface area contributed by atoms with Crippen molar-refractivity contribution >= 4 is 5.91 Å². The van der Waals surface area contributed by atoms with Crippen LogP contribution in [0.4, 0.5) is 0 Å². The molecule has 0 saturated carbocycles. The second kappa shape index (κ2) is 6.65. The van der Waals surface area contributed by atoms with Gasteiger partial charge in [-0.3, -0.25) is 19.4 Å². The molecule has 0 atom stereocenters. The first-order valence-corrected chi connectivity index (χ1v) is 7.75. The molecule has 0 unspecified atom stereocenters. The largest absolute Gasteiger partial charge is 0.349 e. The molecule has 1 aliphatic rings. The summed E-state index contributed by atoms with van der Waals surface area (Å²) in [6, 6.07) is 2.61. The van der Waals surface area contributed by atoms with E-state index in [2.05, 4.69) is 15.4 Å². The van der Waals surface area contributed by atoms with Gasteiger partial charge in [0.2, 0.25) is 0 Å². The fourth-order valence-electron chi connectivity index (χ4n) is 2.72. The average Bonchev–Trinajstić information content (AvgIpc) is 2.54. The molecule has 0 aromatic carbocycles. The number of fused-ring (bicyclic) bond motifs is 1. The Labute approximate surface area is 135 Å². The zero-order valence-corrected chi connectivity index (χ0v) is 12.9. The van der Waals surface area contributed by atoms with Crippen molar-refractivity contribution in [3.05, 3.63) is 60.3 Å². The van der Waals surface area contributed by atoms with E-state index in [0.29, 0.717) is 0 Å². The van der Waals surface area contributed by atoms with E-state index in [9.17, 15) is 19.2 Å². The fraction of sp³-hybridized carbons (Fsp3) is 0.400. The van der Waals surface area contributed by atoms with E-state index in [1.54, 1.807) is 6.07 Å². The number of aromatic amines is 2. The van der Waals surface area contributed by atoms with Crippen molar-refractivity contribution in [1.82, 2.24) is 25.1 Å². The van der Waals surface area contributed by atoms with E-state index in [4.69, 9.17) is 0 Å². The van der Waals surface area contributed by atoms with Crippen molar-refractivity contribution in [2.45, 2.75) is 32.2 Å². The van der Waals surface area contributed by atoms with E-state index in [1.165, 1.54) is 4.68 Å². The Bertz CT molecular complexity index is 912. The van der Waals surface area contributed by atoms with Crippen LogP contribution in [-0.4, -0.2) is 32.2 Å². The van der Waals surface area contributed by atoms with Gasteiger partial charge < -0.3 is 10.3 Å². The summed E-state index contributed by atoms with van der Waals surface area (Å²) in [4.78, 5) is 50.5. The van der Waals surface area contributed by atoms with Crippen LogP contribution in [-0.2, 0) is 19.4 Å². The molecule has 126 valence electrons. The van der Waals surface area contributed by atoms with Crippen LogP contribution in [0, 0.1) is 0 Å². The highest BCUT2D eigenvalue weighted by Crippen LogP contribution is 2.16. The molecule has 0 fully saturated rings. The standard InChI is InChI=1S/C15H17N5O4/c21-12-8-11(17-15(24)18-12)14(23)16-5-6-20-13(22)7-9-3-1-2-4-10(9)19-20/h7-8H,1-6H2,(H,16,23)(H2,17,18,21,24).